The van der Waals surface area contributed by atoms with Gasteiger partial charge in [0.05, 0.1) is 12.2 Å². The first-order valence-electron chi connectivity index (χ1n) is 15.1. The van der Waals surface area contributed by atoms with Gasteiger partial charge in [0.1, 0.15) is 5.65 Å². The number of hydrogen-bond acceptors (Lipinski definition) is 7. The van der Waals surface area contributed by atoms with E-state index >= 15 is 0 Å². The molecule has 0 radical (unpaired) electrons. The number of fused-ring (bicyclic) bond motifs is 1. The largest absolute Gasteiger partial charge is 0.381 e. The highest BCUT2D eigenvalue weighted by Crippen LogP contribution is 2.39. The van der Waals surface area contributed by atoms with Crippen LogP contribution in [0.2, 0.25) is 0 Å². The predicted molar refractivity (Wildman–Crippen MR) is 161 cm³/mol. The highest BCUT2D eigenvalue weighted by atomic mass is 16.5. The van der Waals surface area contributed by atoms with E-state index in [1.807, 2.05) is 29.1 Å². The number of benzene rings is 1. The molecule has 3 aliphatic rings. The lowest BCUT2D eigenvalue weighted by Crippen LogP contribution is -2.30. The Hall–Kier alpha value is -3.62. The number of pyridine rings is 2. The molecule has 3 fully saturated rings. The molecule has 1 saturated carbocycles. The molecule has 212 valence electrons. The minimum absolute atomic E-state index is 0.0371. The van der Waals surface area contributed by atoms with Crippen molar-refractivity contribution in [3.8, 4) is 0 Å². The minimum atomic E-state index is 0.0371. The van der Waals surface area contributed by atoms with Gasteiger partial charge in [-0.2, -0.15) is 4.98 Å². The fourth-order valence-electron chi connectivity index (χ4n) is 6.59. The number of rotatable bonds is 7. The molecule has 1 aromatic carbocycles. The maximum absolute atomic E-state index is 13.9. The fourth-order valence-corrected chi connectivity index (χ4v) is 6.59. The summed E-state index contributed by atoms with van der Waals surface area (Å²) in [6.45, 7) is 4.21. The van der Waals surface area contributed by atoms with E-state index in [-0.39, 0.29) is 5.56 Å². The zero-order valence-electron chi connectivity index (χ0n) is 23.8. The van der Waals surface area contributed by atoms with Gasteiger partial charge >= 0.3 is 0 Å². The lowest BCUT2D eigenvalue weighted by molar-refractivity contribution is 0.0850. The van der Waals surface area contributed by atoms with Crippen LogP contribution in [0.1, 0.15) is 78.7 Å². The maximum Gasteiger partial charge on any atom is 0.256 e. The number of hydrogen-bond donors (Lipinski definition) is 1. The van der Waals surface area contributed by atoms with E-state index in [9.17, 15) is 4.79 Å². The van der Waals surface area contributed by atoms with E-state index in [4.69, 9.17) is 14.7 Å². The Morgan fingerprint density at radius 1 is 0.951 bits per heavy atom. The van der Waals surface area contributed by atoms with Gasteiger partial charge in [-0.25, -0.2) is 4.98 Å². The molecular weight excluding hydrogens is 512 g/mol. The first-order valence-corrected chi connectivity index (χ1v) is 15.1. The third-order valence-electron chi connectivity index (χ3n) is 9.03. The molecule has 1 N–H and O–H groups in total. The monoisotopic (exact) mass is 550 g/mol. The molecular formula is C33H38N6O2. The van der Waals surface area contributed by atoms with Gasteiger partial charge < -0.3 is 15.0 Å². The van der Waals surface area contributed by atoms with Crippen LogP contribution in [-0.4, -0.2) is 57.8 Å². The van der Waals surface area contributed by atoms with Crippen LogP contribution in [0.15, 0.2) is 59.7 Å². The average Bonchev–Trinajstić information content (AvgIpc) is 3.85. The number of anilines is 2. The van der Waals surface area contributed by atoms with E-state index < -0.39 is 0 Å². The standard InChI is InChI=1S/C33H38N6O2/c1-38-15-3-4-25(20-38)22-8-10-27(11-9-22)36-33-35-19-26-18-29(23-6-7-23)32(40)39(31(26)37-33)21-30-28(5-2-14-34-30)24-12-16-41-17-13-24/h2,5,8-11,14,18-19,23-25H,3-4,6-7,12-13,15-17,20-21H2,1H3,(H,35,36,37). The zero-order valence-corrected chi connectivity index (χ0v) is 23.8. The van der Waals surface area contributed by atoms with Gasteiger partial charge in [0.25, 0.3) is 5.56 Å². The van der Waals surface area contributed by atoms with Crippen LogP contribution < -0.4 is 10.9 Å². The summed E-state index contributed by atoms with van der Waals surface area (Å²) in [6, 6.07) is 14.8. The quantitative estimate of drug-likeness (QED) is 0.323. The van der Waals surface area contributed by atoms with Crippen molar-refractivity contribution in [3.05, 3.63) is 87.6 Å². The maximum atomic E-state index is 13.9. The van der Waals surface area contributed by atoms with E-state index in [0.29, 0.717) is 35.9 Å². The van der Waals surface area contributed by atoms with Gasteiger partial charge in [-0.15, -0.1) is 0 Å². The summed E-state index contributed by atoms with van der Waals surface area (Å²) in [4.78, 5) is 30.6. The second-order valence-electron chi connectivity index (χ2n) is 12.0. The number of nitrogens with zero attached hydrogens (tertiary/aromatic N) is 5. The first-order chi connectivity index (χ1) is 20.1. The highest BCUT2D eigenvalue weighted by Gasteiger charge is 2.29. The second kappa shape index (κ2) is 11.3. The van der Waals surface area contributed by atoms with Crippen molar-refractivity contribution in [3.63, 3.8) is 0 Å². The molecule has 7 rings (SSSR count). The smallest absolute Gasteiger partial charge is 0.256 e. The van der Waals surface area contributed by atoms with Crippen LogP contribution in [0.25, 0.3) is 11.0 Å². The average molecular weight is 551 g/mol. The third kappa shape index (κ3) is 5.63. The van der Waals surface area contributed by atoms with Crippen molar-refractivity contribution < 1.29 is 4.74 Å². The van der Waals surface area contributed by atoms with Crippen LogP contribution in [0.3, 0.4) is 0 Å². The van der Waals surface area contributed by atoms with Crippen LogP contribution in [0.4, 0.5) is 11.6 Å². The summed E-state index contributed by atoms with van der Waals surface area (Å²) >= 11 is 0. The normalized spacial score (nSPS) is 20.4. The summed E-state index contributed by atoms with van der Waals surface area (Å²) in [7, 11) is 2.20. The first kappa shape index (κ1) is 26.3. The Morgan fingerprint density at radius 2 is 1.76 bits per heavy atom. The second-order valence-corrected chi connectivity index (χ2v) is 12.0. The van der Waals surface area contributed by atoms with Crippen molar-refractivity contribution in [2.45, 2.75) is 62.8 Å². The van der Waals surface area contributed by atoms with Gasteiger partial charge in [-0.1, -0.05) is 18.2 Å². The van der Waals surface area contributed by atoms with E-state index in [2.05, 4.69) is 52.6 Å². The Morgan fingerprint density at radius 3 is 2.54 bits per heavy atom. The topological polar surface area (TPSA) is 85.2 Å². The van der Waals surface area contributed by atoms with E-state index in [1.54, 1.807) is 0 Å². The molecule has 8 nitrogen and oxygen atoms in total. The summed E-state index contributed by atoms with van der Waals surface area (Å²) < 4.78 is 7.43. The molecule has 2 aliphatic heterocycles. The summed E-state index contributed by atoms with van der Waals surface area (Å²) in [5.74, 6) is 1.79. The van der Waals surface area contributed by atoms with Crippen molar-refractivity contribution in [1.29, 1.82) is 0 Å². The number of likely N-dealkylation sites (N-methyl/N-ethyl adjacent to an activating group) is 1. The van der Waals surface area contributed by atoms with Crippen LogP contribution in [0, 0.1) is 0 Å². The van der Waals surface area contributed by atoms with E-state index in [0.717, 1.165) is 67.8 Å². The van der Waals surface area contributed by atoms with E-state index in [1.165, 1.54) is 30.5 Å². The summed E-state index contributed by atoms with van der Waals surface area (Å²) in [5, 5.41) is 4.27. The molecule has 1 atom stereocenters. The van der Waals surface area contributed by atoms with Crippen LogP contribution >= 0.6 is 0 Å². The van der Waals surface area contributed by atoms with Crippen molar-refractivity contribution >= 4 is 22.7 Å². The number of likely N-dealkylation sites (tertiary alicyclic amines) is 1. The molecule has 3 aromatic heterocycles. The Balaban J connectivity index is 1.21. The molecule has 41 heavy (non-hydrogen) atoms. The third-order valence-corrected chi connectivity index (χ3v) is 9.03. The number of aromatic nitrogens is 4. The van der Waals surface area contributed by atoms with Gasteiger partial charge in [0.15, 0.2) is 0 Å². The van der Waals surface area contributed by atoms with Gasteiger partial charge in [-0.3, -0.25) is 14.3 Å². The molecule has 1 aliphatic carbocycles. The SMILES string of the molecule is CN1CCCC(c2ccc(Nc3ncc4cc(C5CC5)c(=O)n(Cc5ncccc5C5CCOCC5)c4n3)cc2)C1. The molecule has 4 aromatic rings. The minimum Gasteiger partial charge on any atom is -0.381 e. The van der Waals surface area contributed by atoms with Crippen molar-refractivity contribution in [2.24, 2.45) is 0 Å². The predicted octanol–water partition coefficient (Wildman–Crippen LogP) is 5.56. The lowest BCUT2D eigenvalue weighted by Gasteiger charge is -2.30. The molecule has 0 amide bonds. The summed E-state index contributed by atoms with van der Waals surface area (Å²) in [6.07, 6.45) is 10.2. The Bertz CT molecular complexity index is 1590. The Labute approximate surface area is 240 Å². The van der Waals surface area contributed by atoms with Crippen LogP contribution in [-0.2, 0) is 11.3 Å². The number of piperidine rings is 1. The molecule has 1 unspecified atom stereocenters. The van der Waals surface area contributed by atoms with Crippen molar-refractivity contribution in [2.75, 3.05) is 38.7 Å². The lowest BCUT2D eigenvalue weighted by atomic mass is 9.90. The molecule has 5 heterocycles. The molecule has 0 spiro atoms. The Kier molecular flexibility index (Phi) is 7.27. The molecule has 0 bridgehead atoms. The van der Waals surface area contributed by atoms with Gasteiger partial charge in [-0.05, 0) is 105 Å². The van der Waals surface area contributed by atoms with Gasteiger partial charge in [0.2, 0.25) is 5.95 Å². The number of ether oxygens (including phenoxy) is 1. The fraction of sp³-hybridized carbons (Fsp3) is 0.455. The van der Waals surface area contributed by atoms with Gasteiger partial charge in [0, 0.05) is 48.8 Å². The number of nitrogens with one attached hydrogen (secondary N) is 1. The molecule has 8 heteroatoms. The zero-order chi connectivity index (χ0) is 27.8. The highest BCUT2D eigenvalue weighted by molar-refractivity contribution is 5.77. The molecule has 2 saturated heterocycles. The summed E-state index contributed by atoms with van der Waals surface area (Å²) in [5.41, 5.74) is 6.01. The van der Waals surface area contributed by atoms with Crippen molar-refractivity contribution in [1.82, 2.24) is 24.4 Å². The van der Waals surface area contributed by atoms with Crippen LogP contribution in [0.5, 0.6) is 0 Å².